The number of rotatable bonds is 5. The summed E-state index contributed by atoms with van der Waals surface area (Å²) in [5.74, 6) is 0.917. The van der Waals surface area contributed by atoms with Crippen molar-refractivity contribution in [3.63, 3.8) is 0 Å². The molecule has 0 aromatic heterocycles. The summed E-state index contributed by atoms with van der Waals surface area (Å²) in [6.07, 6.45) is 5.13. The zero-order valence-corrected chi connectivity index (χ0v) is 9.26. The summed E-state index contributed by atoms with van der Waals surface area (Å²) in [5, 5.41) is 3.49. The van der Waals surface area contributed by atoms with Crippen LogP contribution in [0.4, 0.5) is 0 Å². The van der Waals surface area contributed by atoms with Gasteiger partial charge in [-0.15, -0.1) is 0 Å². The van der Waals surface area contributed by atoms with E-state index in [0.29, 0.717) is 0 Å². The normalized spacial score (nSPS) is 30.9. The van der Waals surface area contributed by atoms with Crippen LogP contribution in [-0.4, -0.2) is 43.7 Å². The number of likely N-dealkylation sites (tertiary alicyclic amines) is 1. The summed E-state index contributed by atoms with van der Waals surface area (Å²) in [4.78, 5) is 2.43. The molecule has 2 rings (SSSR count). The first-order valence-corrected chi connectivity index (χ1v) is 5.86. The Labute approximate surface area is 87.0 Å². The summed E-state index contributed by atoms with van der Waals surface area (Å²) in [7, 11) is 2.21. The molecule has 3 heteroatoms. The van der Waals surface area contributed by atoms with Crippen LogP contribution in [0.25, 0.3) is 0 Å². The highest BCUT2D eigenvalue weighted by Crippen LogP contribution is 2.30. The average molecular weight is 197 g/mol. The Kier molecular flexibility index (Phi) is 3.10. The summed E-state index contributed by atoms with van der Waals surface area (Å²) >= 11 is 0. The van der Waals surface area contributed by atoms with E-state index in [2.05, 4.69) is 17.3 Å². The molecule has 1 unspecified atom stereocenters. The average Bonchev–Trinajstić information content (AvgIpc) is 2.73. The second-order valence-corrected chi connectivity index (χ2v) is 5.24. The van der Waals surface area contributed by atoms with Gasteiger partial charge in [-0.2, -0.15) is 0 Å². The SMILES string of the molecule is CN1CCC(CCNCC2(N)CC2)C1. The Hall–Kier alpha value is -0.120. The van der Waals surface area contributed by atoms with Crippen molar-refractivity contribution in [3.05, 3.63) is 0 Å². The molecule has 2 aliphatic rings. The van der Waals surface area contributed by atoms with Gasteiger partial charge in [0.05, 0.1) is 0 Å². The third kappa shape index (κ3) is 2.94. The molecule has 1 aliphatic heterocycles. The Morgan fingerprint density at radius 3 is 2.86 bits per heavy atom. The molecule has 1 atom stereocenters. The number of nitrogens with two attached hydrogens (primary N) is 1. The first-order valence-electron chi connectivity index (χ1n) is 5.86. The molecule has 1 saturated carbocycles. The van der Waals surface area contributed by atoms with E-state index >= 15 is 0 Å². The van der Waals surface area contributed by atoms with E-state index in [1.165, 1.54) is 38.8 Å². The molecule has 0 amide bonds. The summed E-state index contributed by atoms with van der Waals surface area (Å²) in [6.45, 7) is 4.74. The van der Waals surface area contributed by atoms with Crippen molar-refractivity contribution < 1.29 is 0 Å². The standard InChI is InChI=1S/C11H23N3/c1-14-7-3-10(8-14)2-6-13-9-11(12)4-5-11/h10,13H,2-9,12H2,1H3. The smallest absolute Gasteiger partial charge is 0.0282 e. The van der Waals surface area contributed by atoms with E-state index in [4.69, 9.17) is 5.73 Å². The highest BCUT2D eigenvalue weighted by molar-refractivity contribution is 5.00. The van der Waals surface area contributed by atoms with Gasteiger partial charge in [-0.3, -0.25) is 0 Å². The molecule has 0 aromatic rings. The molecule has 1 aliphatic carbocycles. The molecule has 82 valence electrons. The molecule has 14 heavy (non-hydrogen) atoms. The maximum Gasteiger partial charge on any atom is 0.0282 e. The fraction of sp³-hybridized carbons (Fsp3) is 1.00. The van der Waals surface area contributed by atoms with Crippen LogP contribution in [-0.2, 0) is 0 Å². The predicted molar refractivity (Wildman–Crippen MR) is 59.2 cm³/mol. The van der Waals surface area contributed by atoms with Gasteiger partial charge in [-0.05, 0) is 51.7 Å². The lowest BCUT2D eigenvalue weighted by atomic mass is 10.1. The van der Waals surface area contributed by atoms with E-state index < -0.39 is 0 Å². The van der Waals surface area contributed by atoms with Crippen LogP contribution in [0.2, 0.25) is 0 Å². The Morgan fingerprint density at radius 1 is 1.50 bits per heavy atom. The van der Waals surface area contributed by atoms with Crippen molar-refractivity contribution >= 4 is 0 Å². The van der Waals surface area contributed by atoms with Crippen LogP contribution in [0, 0.1) is 5.92 Å². The van der Waals surface area contributed by atoms with E-state index in [-0.39, 0.29) is 5.54 Å². The number of hydrogen-bond acceptors (Lipinski definition) is 3. The van der Waals surface area contributed by atoms with Gasteiger partial charge < -0.3 is 16.0 Å². The van der Waals surface area contributed by atoms with E-state index in [1.54, 1.807) is 0 Å². The van der Waals surface area contributed by atoms with Gasteiger partial charge in [0.2, 0.25) is 0 Å². The lowest BCUT2D eigenvalue weighted by Gasteiger charge is -2.13. The topological polar surface area (TPSA) is 41.3 Å². The predicted octanol–water partition coefficient (Wildman–Crippen LogP) is 0.409. The molecule has 0 radical (unpaired) electrons. The first-order chi connectivity index (χ1) is 6.68. The van der Waals surface area contributed by atoms with Gasteiger partial charge in [-0.25, -0.2) is 0 Å². The Bertz CT molecular complexity index is 189. The molecule has 3 nitrogen and oxygen atoms in total. The maximum absolute atomic E-state index is 5.99. The minimum Gasteiger partial charge on any atom is -0.324 e. The molecule has 3 N–H and O–H groups in total. The highest BCUT2D eigenvalue weighted by Gasteiger charge is 2.37. The molecule has 1 saturated heterocycles. The molecule has 1 heterocycles. The van der Waals surface area contributed by atoms with Gasteiger partial charge in [-0.1, -0.05) is 0 Å². The van der Waals surface area contributed by atoms with E-state index in [9.17, 15) is 0 Å². The van der Waals surface area contributed by atoms with Crippen LogP contribution in [0.1, 0.15) is 25.7 Å². The second-order valence-electron chi connectivity index (χ2n) is 5.24. The third-order valence-corrected chi connectivity index (χ3v) is 3.59. The molecular formula is C11H23N3. The third-order valence-electron chi connectivity index (χ3n) is 3.59. The zero-order chi connectivity index (χ0) is 10.0. The van der Waals surface area contributed by atoms with Crippen molar-refractivity contribution in [2.24, 2.45) is 11.7 Å². The first kappa shape index (κ1) is 10.4. The largest absolute Gasteiger partial charge is 0.324 e. The molecule has 2 fully saturated rings. The fourth-order valence-electron chi connectivity index (χ4n) is 2.24. The number of hydrogen-bond donors (Lipinski definition) is 2. The van der Waals surface area contributed by atoms with Gasteiger partial charge in [0.15, 0.2) is 0 Å². The molecular weight excluding hydrogens is 174 g/mol. The monoisotopic (exact) mass is 197 g/mol. The van der Waals surface area contributed by atoms with Gasteiger partial charge in [0.25, 0.3) is 0 Å². The number of nitrogens with zero attached hydrogens (tertiary/aromatic N) is 1. The van der Waals surface area contributed by atoms with Crippen molar-refractivity contribution in [1.82, 2.24) is 10.2 Å². The summed E-state index contributed by atoms with van der Waals surface area (Å²) < 4.78 is 0. The Morgan fingerprint density at radius 2 is 2.29 bits per heavy atom. The Balaban J connectivity index is 1.50. The van der Waals surface area contributed by atoms with Crippen molar-refractivity contribution in [1.29, 1.82) is 0 Å². The summed E-state index contributed by atoms with van der Waals surface area (Å²) in [5.41, 5.74) is 6.17. The van der Waals surface area contributed by atoms with Crippen LogP contribution in [0.3, 0.4) is 0 Å². The zero-order valence-electron chi connectivity index (χ0n) is 9.26. The van der Waals surface area contributed by atoms with Crippen LogP contribution in [0.5, 0.6) is 0 Å². The van der Waals surface area contributed by atoms with Gasteiger partial charge in [0, 0.05) is 18.6 Å². The van der Waals surface area contributed by atoms with Crippen LogP contribution >= 0.6 is 0 Å². The molecule has 0 aromatic carbocycles. The minimum atomic E-state index is 0.173. The molecule has 0 spiro atoms. The minimum absolute atomic E-state index is 0.173. The van der Waals surface area contributed by atoms with Crippen molar-refractivity contribution in [3.8, 4) is 0 Å². The van der Waals surface area contributed by atoms with Crippen LogP contribution < -0.4 is 11.1 Å². The second kappa shape index (κ2) is 4.17. The van der Waals surface area contributed by atoms with E-state index in [0.717, 1.165) is 19.0 Å². The van der Waals surface area contributed by atoms with Gasteiger partial charge >= 0.3 is 0 Å². The van der Waals surface area contributed by atoms with Crippen molar-refractivity contribution in [2.45, 2.75) is 31.2 Å². The molecule has 0 bridgehead atoms. The fourth-order valence-corrected chi connectivity index (χ4v) is 2.24. The van der Waals surface area contributed by atoms with Crippen molar-refractivity contribution in [2.75, 3.05) is 33.2 Å². The lowest BCUT2D eigenvalue weighted by molar-refractivity contribution is 0.383. The lowest BCUT2D eigenvalue weighted by Crippen LogP contribution is -2.36. The quantitative estimate of drug-likeness (QED) is 0.627. The summed E-state index contributed by atoms with van der Waals surface area (Å²) in [6, 6.07) is 0. The highest BCUT2D eigenvalue weighted by atomic mass is 15.1. The van der Waals surface area contributed by atoms with Crippen LogP contribution in [0.15, 0.2) is 0 Å². The number of nitrogens with one attached hydrogen (secondary N) is 1. The maximum atomic E-state index is 5.99. The van der Waals surface area contributed by atoms with Gasteiger partial charge in [0.1, 0.15) is 0 Å². The van der Waals surface area contributed by atoms with E-state index in [1.807, 2.05) is 0 Å².